The second kappa shape index (κ2) is 8.95. The van der Waals surface area contributed by atoms with Crippen molar-refractivity contribution in [2.45, 2.75) is 26.0 Å². The Bertz CT molecular complexity index is 634. The number of hydrogen-bond donors (Lipinski definition) is 1. The second-order valence-electron chi connectivity index (χ2n) is 6.48. The number of ether oxygens (including phenoxy) is 2. The van der Waals surface area contributed by atoms with E-state index in [1.165, 1.54) is 17.0 Å². The van der Waals surface area contributed by atoms with E-state index >= 15 is 0 Å². The van der Waals surface area contributed by atoms with E-state index in [4.69, 9.17) is 14.6 Å². The molecule has 7 nitrogen and oxygen atoms in total. The largest absolute Gasteiger partial charge is 0.475 e. The standard InChI is InChI=1S/C18H25FN2O5/c1-3-25-13-18(2,12-22)26-16-5-4-14(10-15(16)19)11-20-6-8-21(9-7-20)17(23)24/h4-5,10,12H,3,6-9,11,13H2,1-2H3,(H,23,24). The zero-order valence-electron chi connectivity index (χ0n) is 15.1. The molecule has 1 fully saturated rings. The van der Waals surface area contributed by atoms with Gasteiger partial charge in [0.25, 0.3) is 0 Å². The predicted octanol–water partition coefficient (Wildman–Crippen LogP) is 1.99. The highest BCUT2D eigenvalue weighted by Gasteiger charge is 2.28. The Morgan fingerprint density at radius 3 is 2.58 bits per heavy atom. The van der Waals surface area contributed by atoms with Crippen LogP contribution in [0.25, 0.3) is 0 Å². The Kier molecular flexibility index (Phi) is 6.93. The minimum Gasteiger partial charge on any atom is -0.475 e. The maximum Gasteiger partial charge on any atom is 0.407 e. The van der Waals surface area contributed by atoms with Crippen molar-refractivity contribution in [1.82, 2.24) is 9.80 Å². The van der Waals surface area contributed by atoms with Crippen LogP contribution in [0.1, 0.15) is 19.4 Å². The van der Waals surface area contributed by atoms with Crippen LogP contribution in [-0.2, 0) is 16.1 Å². The van der Waals surface area contributed by atoms with E-state index in [0.29, 0.717) is 45.6 Å². The van der Waals surface area contributed by atoms with Gasteiger partial charge in [0, 0.05) is 39.3 Å². The van der Waals surface area contributed by atoms with E-state index in [1.807, 2.05) is 0 Å². The summed E-state index contributed by atoms with van der Waals surface area (Å²) in [5.74, 6) is -0.546. The van der Waals surface area contributed by atoms with Gasteiger partial charge in [-0.1, -0.05) is 6.07 Å². The minimum absolute atomic E-state index is 0.00116. The van der Waals surface area contributed by atoms with Gasteiger partial charge in [-0.05, 0) is 31.5 Å². The van der Waals surface area contributed by atoms with Crippen molar-refractivity contribution < 1.29 is 28.6 Å². The summed E-state index contributed by atoms with van der Waals surface area (Å²) in [7, 11) is 0. The molecular formula is C18H25FN2O5. The van der Waals surface area contributed by atoms with Crippen LogP contribution in [0.5, 0.6) is 5.75 Å². The van der Waals surface area contributed by atoms with Gasteiger partial charge in [0.1, 0.15) is 0 Å². The van der Waals surface area contributed by atoms with Crippen LogP contribution in [0.15, 0.2) is 18.2 Å². The fourth-order valence-electron chi connectivity index (χ4n) is 2.72. The molecule has 0 aliphatic carbocycles. The quantitative estimate of drug-likeness (QED) is 0.707. The number of benzene rings is 1. The summed E-state index contributed by atoms with van der Waals surface area (Å²) in [5, 5.41) is 8.96. The molecule has 0 saturated carbocycles. The van der Waals surface area contributed by atoms with Gasteiger partial charge in [-0.25, -0.2) is 9.18 Å². The van der Waals surface area contributed by atoms with Crippen LogP contribution in [0.3, 0.4) is 0 Å². The van der Waals surface area contributed by atoms with Crippen LogP contribution >= 0.6 is 0 Å². The van der Waals surface area contributed by atoms with E-state index in [1.54, 1.807) is 19.9 Å². The first-order valence-electron chi connectivity index (χ1n) is 8.58. The van der Waals surface area contributed by atoms with Gasteiger partial charge in [0.2, 0.25) is 0 Å². The zero-order chi connectivity index (χ0) is 19.2. The monoisotopic (exact) mass is 368 g/mol. The van der Waals surface area contributed by atoms with Crippen molar-refractivity contribution in [3.63, 3.8) is 0 Å². The number of aldehydes is 1. The van der Waals surface area contributed by atoms with Gasteiger partial charge in [0.15, 0.2) is 23.5 Å². The fraction of sp³-hybridized carbons (Fsp3) is 0.556. The van der Waals surface area contributed by atoms with E-state index in [0.717, 1.165) is 5.56 Å². The Balaban J connectivity index is 1.96. The molecule has 0 radical (unpaired) electrons. The smallest absolute Gasteiger partial charge is 0.407 e. The Morgan fingerprint density at radius 1 is 1.35 bits per heavy atom. The lowest BCUT2D eigenvalue weighted by molar-refractivity contribution is -0.125. The van der Waals surface area contributed by atoms with Crippen molar-refractivity contribution >= 4 is 12.4 Å². The zero-order valence-corrected chi connectivity index (χ0v) is 15.1. The highest BCUT2D eigenvalue weighted by atomic mass is 19.1. The summed E-state index contributed by atoms with van der Waals surface area (Å²) in [5.41, 5.74) is -0.484. The van der Waals surface area contributed by atoms with Crippen molar-refractivity contribution in [2.24, 2.45) is 0 Å². The van der Waals surface area contributed by atoms with Crippen molar-refractivity contribution in [2.75, 3.05) is 39.4 Å². The first kappa shape index (κ1) is 20.1. The Morgan fingerprint density at radius 2 is 2.04 bits per heavy atom. The molecule has 1 N–H and O–H groups in total. The topological polar surface area (TPSA) is 79.3 Å². The number of carboxylic acid groups (broad SMARTS) is 1. The molecule has 8 heteroatoms. The number of carbonyl (C=O) groups excluding carboxylic acids is 1. The molecule has 1 unspecified atom stereocenters. The number of piperazine rings is 1. The van der Waals surface area contributed by atoms with Gasteiger partial charge in [-0.15, -0.1) is 0 Å². The lowest BCUT2D eigenvalue weighted by atomic mass is 10.1. The summed E-state index contributed by atoms with van der Waals surface area (Å²) in [6.45, 7) is 6.43. The number of carbonyl (C=O) groups is 2. The third kappa shape index (κ3) is 5.40. The van der Waals surface area contributed by atoms with Gasteiger partial charge in [0.05, 0.1) is 6.61 Å². The van der Waals surface area contributed by atoms with Crippen LogP contribution in [0.4, 0.5) is 9.18 Å². The highest BCUT2D eigenvalue weighted by molar-refractivity contribution is 5.65. The molecule has 0 spiro atoms. The molecule has 1 amide bonds. The molecule has 1 aliphatic rings. The summed E-state index contributed by atoms with van der Waals surface area (Å²) in [6.07, 6.45) is -0.305. The molecule has 1 saturated heterocycles. The average molecular weight is 368 g/mol. The fourth-order valence-corrected chi connectivity index (χ4v) is 2.72. The summed E-state index contributed by atoms with van der Waals surface area (Å²) in [4.78, 5) is 25.6. The number of halogens is 1. The van der Waals surface area contributed by atoms with Crippen LogP contribution in [0.2, 0.25) is 0 Å². The maximum absolute atomic E-state index is 14.4. The van der Waals surface area contributed by atoms with Gasteiger partial charge < -0.3 is 19.5 Å². The number of amides is 1. The third-order valence-corrected chi connectivity index (χ3v) is 4.23. The van der Waals surface area contributed by atoms with Gasteiger partial charge in [-0.3, -0.25) is 9.69 Å². The molecular weight excluding hydrogens is 343 g/mol. The predicted molar refractivity (Wildman–Crippen MR) is 92.9 cm³/mol. The van der Waals surface area contributed by atoms with E-state index in [-0.39, 0.29) is 12.4 Å². The maximum atomic E-state index is 14.4. The van der Waals surface area contributed by atoms with Crippen LogP contribution < -0.4 is 4.74 Å². The molecule has 0 aromatic heterocycles. The highest BCUT2D eigenvalue weighted by Crippen LogP contribution is 2.24. The van der Waals surface area contributed by atoms with Crippen molar-refractivity contribution in [3.05, 3.63) is 29.6 Å². The SMILES string of the molecule is CCOCC(C)(C=O)Oc1ccc(CN2CCN(C(=O)O)CC2)cc1F. The lowest BCUT2D eigenvalue weighted by Crippen LogP contribution is -2.47. The number of nitrogens with zero attached hydrogens (tertiary/aromatic N) is 2. The average Bonchev–Trinajstić information content (AvgIpc) is 2.63. The molecule has 26 heavy (non-hydrogen) atoms. The molecule has 1 aliphatic heterocycles. The molecule has 144 valence electrons. The first-order valence-corrected chi connectivity index (χ1v) is 8.58. The summed E-state index contributed by atoms with van der Waals surface area (Å²) >= 11 is 0. The number of rotatable bonds is 8. The lowest BCUT2D eigenvalue weighted by Gasteiger charge is -2.33. The molecule has 1 aromatic rings. The first-order chi connectivity index (χ1) is 12.4. The van der Waals surface area contributed by atoms with Crippen molar-refractivity contribution in [1.29, 1.82) is 0 Å². The van der Waals surface area contributed by atoms with E-state index < -0.39 is 17.5 Å². The van der Waals surface area contributed by atoms with Crippen LogP contribution in [0, 0.1) is 5.82 Å². The van der Waals surface area contributed by atoms with Gasteiger partial charge >= 0.3 is 6.09 Å². The normalized spacial score (nSPS) is 17.6. The molecule has 2 rings (SSSR count). The van der Waals surface area contributed by atoms with Crippen LogP contribution in [-0.4, -0.2) is 72.3 Å². The molecule has 1 heterocycles. The molecule has 0 bridgehead atoms. The molecule has 1 aromatic carbocycles. The van der Waals surface area contributed by atoms with E-state index in [2.05, 4.69) is 4.90 Å². The van der Waals surface area contributed by atoms with Gasteiger partial charge in [-0.2, -0.15) is 0 Å². The van der Waals surface area contributed by atoms with Crippen molar-refractivity contribution in [3.8, 4) is 5.75 Å². The third-order valence-electron chi connectivity index (χ3n) is 4.23. The molecule has 1 atom stereocenters. The minimum atomic E-state index is -1.24. The number of hydrogen-bond acceptors (Lipinski definition) is 5. The Labute approximate surface area is 152 Å². The Hall–Kier alpha value is -2.19. The second-order valence-corrected chi connectivity index (χ2v) is 6.48. The summed E-state index contributed by atoms with van der Waals surface area (Å²) < 4.78 is 25.1. The van der Waals surface area contributed by atoms with E-state index in [9.17, 15) is 14.0 Å². The summed E-state index contributed by atoms with van der Waals surface area (Å²) in [6, 6.07) is 4.63.